The first-order valence-corrected chi connectivity index (χ1v) is 6.19. The SMILES string of the molecule is NC(CC1(COCc2cccs2)CC1)=NO. The van der Waals surface area contributed by atoms with E-state index in [2.05, 4.69) is 11.2 Å². The molecule has 5 heteroatoms. The number of nitrogens with two attached hydrogens (primary N) is 1. The largest absolute Gasteiger partial charge is 0.409 e. The van der Waals surface area contributed by atoms with Crippen molar-refractivity contribution in [2.24, 2.45) is 16.3 Å². The van der Waals surface area contributed by atoms with Crippen LogP contribution in [-0.4, -0.2) is 17.6 Å². The highest BCUT2D eigenvalue weighted by atomic mass is 32.1. The number of rotatable bonds is 6. The molecule has 0 bridgehead atoms. The molecule has 2 rings (SSSR count). The van der Waals surface area contributed by atoms with Crippen molar-refractivity contribution in [3.63, 3.8) is 0 Å². The third-order valence-corrected chi connectivity index (χ3v) is 3.72. The fraction of sp³-hybridized carbons (Fsp3) is 0.545. The van der Waals surface area contributed by atoms with Gasteiger partial charge in [0.1, 0.15) is 5.84 Å². The predicted molar refractivity (Wildman–Crippen MR) is 63.7 cm³/mol. The van der Waals surface area contributed by atoms with E-state index in [4.69, 9.17) is 15.7 Å². The highest BCUT2D eigenvalue weighted by Gasteiger charge is 2.43. The molecule has 3 N–H and O–H groups in total. The number of hydrogen-bond donors (Lipinski definition) is 2. The molecule has 0 saturated heterocycles. The van der Waals surface area contributed by atoms with Gasteiger partial charge in [-0.1, -0.05) is 11.2 Å². The van der Waals surface area contributed by atoms with E-state index in [1.54, 1.807) is 11.3 Å². The zero-order chi connectivity index (χ0) is 11.4. The Balaban J connectivity index is 1.73. The quantitative estimate of drug-likeness (QED) is 0.346. The lowest BCUT2D eigenvalue weighted by Gasteiger charge is -2.13. The molecule has 4 nitrogen and oxygen atoms in total. The molecule has 0 spiro atoms. The van der Waals surface area contributed by atoms with Crippen molar-refractivity contribution in [1.29, 1.82) is 0 Å². The minimum atomic E-state index is 0.133. The zero-order valence-electron chi connectivity index (χ0n) is 9.06. The summed E-state index contributed by atoms with van der Waals surface area (Å²) < 4.78 is 5.67. The monoisotopic (exact) mass is 240 g/mol. The molecule has 88 valence electrons. The summed E-state index contributed by atoms with van der Waals surface area (Å²) in [4.78, 5) is 1.24. The van der Waals surface area contributed by atoms with Crippen LogP contribution in [0.4, 0.5) is 0 Å². The van der Waals surface area contributed by atoms with Gasteiger partial charge in [0.15, 0.2) is 0 Å². The van der Waals surface area contributed by atoms with Gasteiger partial charge in [-0.15, -0.1) is 11.3 Å². The van der Waals surface area contributed by atoms with Crippen LogP contribution >= 0.6 is 11.3 Å². The second kappa shape index (κ2) is 4.84. The summed E-state index contributed by atoms with van der Waals surface area (Å²) in [5.41, 5.74) is 5.64. The highest BCUT2D eigenvalue weighted by Crippen LogP contribution is 2.49. The van der Waals surface area contributed by atoms with Crippen LogP contribution in [0.1, 0.15) is 24.1 Å². The van der Waals surface area contributed by atoms with Gasteiger partial charge >= 0.3 is 0 Å². The van der Waals surface area contributed by atoms with E-state index in [0.29, 0.717) is 25.5 Å². The topological polar surface area (TPSA) is 67.8 Å². The Bertz CT molecular complexity index is 358. The molecular formula is C11H16N2O2S. The summed E-state index contributed by atoms with van der Waals surface area (Å²) in [7, 11) is 0. The van der Waals surface area contributed by atoms with E-state index >= 15 is 0 Å². The standard InChI is InChI=1S/C11H16N2O2S/c12-10(13-14)6-11(3-4-11)8-15-7-9-2-1-5-16-9/h1-2,5,14H,3-4,6-8H2,(H2,12,13). The summed E-state index contributed by atoms with van der Waals surface area (Å²) in [5.74, 6) is 0.303. The predicted octanol–water partition coefficient (Wildman–Crippen LogP) is 2.18. The van der Waals surface area contributed by atoms with Crippen molar-refractivity contribution in [1.82, 2.24) is 0 Å². The van der Waals surface area contributed by atoms with Crippen molar-refractivity contribution in [2.45, 2.75) is 25.9 Å². The van der Waals surface area contributed by atoms with Crippen LogP contribution in [0.2, 0.25) is 0 Å². The van der Waals surface area contributed by atoms with Gasteiger partial charge in [0.2, 0.25) is 0 Å². The van der Waals surface area contributed by atoms with Gasteiger partial charge in [-0.3, -0.25) is 0 Å². The van der Waals surface area contributed by atoms with Gasteiger partial charge in [0, 0.05) is 16.7 Å². The minimum Gasteiger partial charge on any atom is -0.409 e. The van der Waals surface area contributed by atoms with E-state index in [0.717, 1.165) is 12.8 Å². The lowest BCUT2D eigenvalue weighted by atomic mass is 10.0. The average molecular weight is 240 g/mol. The average Bonchev–Trinajstić information content (AvgIpc) is 2.83. The Kier molecular flexibility index (Phi) is 3.46. The smallest absolute Gasteiger partial charge is 0.139 e. The first-order chi connectivity index (χ1) is 7.74. The normalized spacial score (nSPS) is 18.6. The van der Waals surface area contributed by atoms with Crippen LogP contribution in [0.5, 0.6) is 0 Å². The summed E-state index contributed by atoms with van der Waals surface area (Å²) in [5, 5.41) is 13.6. The van der Waals surface area contributed by atoms with Gasteiger partial charge in [-0.2, -0.15) is 0 Å². The van der Waals surface area contributed by atoms with Crippen molar-refractivity contribution in [3.8, 4) is 0 Å². The molecule has 16 heavy (non-hydrogen) atoms. The van der Waals surface area contributed by atoms with Crippen LogP contribution < -0.4 is 5.73 Å². The van der Waals surface area contributed by atoms with Gasteiger partial charge in [0.05, 0.1) is 13.2 Å². The molecule has 0 unspecified atom stereocenters. The summed E-state index contributed by atoms with van der Waals surface area (Å²) in [6, 6.07) is 4.08. The number of oxime groups is 1. The van der Waals surface area contributed by atoms with Crippen molar-refractivity contribution >= 4 is 17.2 Å². The maximum Gasteiger partial charge on any atom is 0.139 e. The lowest BCUT2D eigenvalue weighted by Crippen LogP contribution is -2.21. The number of nitrogens with zero attached hydrogens (tertiary/aromatic N) is 1. The molecule has 0 aromatic carbocycles. The first-order valence-electron chi connectivity index (χ1n) is 5.31. The Morgan fingerprint density at radius 1 is 1.62 bits per heavy atom. The minimum absolute atomic E-state index is 0.133. The van der Waals surface area contributed by atoms with Crippen molar-refractivity contribution in [3.05, 3.63) is 22.4 Å². The number of thiophene rings is 1. The second-order valence-corrected chi connectivity index (χ2v) is 5.37. The zero-order valence-corrected chi connectivity index (χ0v) is 9.87. The third kappa shape index (κ3) is 2.96. The van der Waals surface area contributed by atoms with Crippen LogP contribution in [0, 0.1) is 5.41 Å². The number of amidine groups is 1. The van der Waals surface area contributed by atoms with E-state index in [1.807, 2.05) is 11.4 Å². The summed E-state index contributed by atoms with van der Waals surface area (Å²) in [6.07, 6.45) is 2.84. The van der Waals surface area contributed by atoms with Gasteiger partial charge in [-0.25, -0.2) is 0 Å². The number of hydrogen-bond acceptors (Lipinski definition) is 4. The Labute approximate surface area is 98.7 Å². The number of ether oxygens (including phenoxy) is 1. The molecule has 1 aliphatic rings. The molecule has 0 amide bonds. The Morgan fingerprint density at radius 3 is 3.00 bits per heavy atom. The maximum atomic E-state index is 8.53. The molecule has 1 heterocycles. The van der Waals surface area contributed by atoms with Crippen molar-refractivity contribution < 1.29 is 9.94 Å². The Morgan fingerprint density at radius 2 is 2.44 bits per heavy atom. The van der Waals surface area contributed by atoms with Crippen LogP contribution in [0.15, 0.2) is 22.7 Å². The summed E-state index contributed by atoms with van der Waals surface area (Å²) in [6.45, 7) is 1.36. The molecule has 0 radical (unpaired) electrons. The van der Waals surface area contributed by atoms with Crippen LogP contribution in [0.25, 0.3) is 0 Å². The van der Waals surface area contributed by atoms with Crippen LogP contribution in [0.3, 0.4) is 0 Å². The van der Waals surface area contributed by atoms with Gasteiger partial charge < -0.3 is 15.7 Å². The fourth-order valence-electron chi connectivity index (χ4n) is 1.73. The van der Waals surface area contributed by atoms with Gasteiger partial charge in [-0.05, 0) is 24.3 Å². The Hall–Kier alpha value is -1.07. The molecule has 0 atom stereocenters. The first kappa shape index (κ1) is 11.4. The molecule has 0 aliphatic heterocycles. The maximum absolute atomic E-state index is 8.53. The molecule has 1 aliphatic carbocycles. The molecule has 1 saturated carbocycles. The van der Waals surface area contributed by atoms with Crippen molar-refractivity contribution in [2.75, 3.05) is 6.61 Å². The molecule has 1 fully saturated rings. The van der Waals surface area contributed by atoms with E-state index in [-0.39, 0.29) is 5.41 Å². The molecule has 1 aromatic rings. The van der Waals surface area contributed by atoms with Crippen LogP contribution in [-0.2, 0) is 11.3 Å². The van der Waals surface area contributed by atoms with E-state index < -0.39 is 0 Å². The van der Waals surface area contributed by atoms with E-state index in [9.17, 15) is 0 Å². The molecular weight excluding hydrogens is 224 g/mol. The third-order valence-electron chi connectivity index (χ3n) is 2.87. The lowest BCUT2D eigenvalue weighted by molar-refractivity contribution is 0.0817. The summed E-state index contributed by atoms with van der Waals surface area (Å²) >= 11 is 1.70. The second-order valence-electron chi connectivity index (χ2n) is 4.34. The highest BCUT2D eigenvalue weighted by molar-refractivity contribution is 7.09. The molecule has 1 aromatic heterocycles. The van der Waals surface area contributed by atoms with E-state index in [1.165, 1.54) is 4.88 Å². The fourth-order valence-corrected chi connectivity index (χ4v) is 2.37. The van der Waals surface area contributed by atoms with Gasteiger partial charge in [0.25, 0.3) is 0 Å².